The molecule has 1 aromatic carbocycles. The molecule has 0 amide bonds. The van der Waals surface area contributed by atoms with Crippen LogP contribution in [0.2, 0.25) is 0 Å². The van der Waals surface area contributed by atoms with Gasteiger partial charge in [-0.2, -0.15) is 0 Å². The topological polar surface area (TPSA) is 37.4 Å². The maximum absolute atomic E-state index is 11.2. The Morgan fingerprint density at radius 2 is 2.00 bits per heavy atom. The fourth-order valence-corrected chi connectivity index (χ4v) is 3.37. The minimum absolute atomic E-state index is 0.389. The van der Waals surface area contributed by atoms with Gasteiger partial charge in [-0.3, -0.25) is 0 Å². The zero-order valence-electron chi connectivity index (χ0n) is 9.55. The quantitative estimate of drug-likeness (QED) is 0.786. The molecule has 0 saturated carbocycles. The van der Waals surface area contributed by atoms with Crippen LogP contribution >= 0.6 is 10.7 Å². The summed E-state index contributed by atoms with van der Waals surface area (Å²) in [6.07, 6.45) is 1.61. The number of hydrogen-bond donors (Lipinski definition) is 0. The minimum Gasteiger partial charge on any atom is -0.302 e. The molecule has 0 N–H and O–H groups in total. The van der Waals surface area contributed by atoms with Crippen molar-refractivity contribution in [2.75, 3.05) is 19.6 Å². The molecule has 3 nitrogen and oxygen atoms in total. The molecule has 5 heteroatoms. The van der Waals surface area contributed by atoms with Gasteiger partial charge in [0.2, 0.25) is 9.05 Å². The second-order valence-electron chi connectivity index (χ2n) is 4.42. The van der Waals surface area contributed by atoms with Crippen LogP contribution in [0.5, 0.6) is 0 Å². The molecular weight excluding hydrogens is 258 g/mol. The molecule has 0 aliphatic carbocycles. The predicted octanol–water partition coefficient (Wildman–Crippen LogP) is 1.87. The van der Waals surface area contributed by atoms with E-state index >= 15 is 0 Å². The molecule has 1 fully saturated rings. The van der Waals surface area contributed by atoms with E-state index < -0.39 is 9.05 Å². The summed E-state index contributed by atoms with van der Waals surface area (Å²) in [7, 11) is 1.98. The highest BCUT2D eigenvalue weighted by Gasteiger charge is 2.31. The van der Waals surface area contributed by atoms with Crippen molar-refractivity contribution < 1.29 is 8.42 Å². The molecule has 1 atom stereocenters. The van der Waals surface area contributed by atoms with Gasteiger partial charge in [-0.1, -0.05) is 30.3 Å². The van der Waals surface area contributed by atoms with E-state index in [0.717, 1.165) is 19.5 Å². The van der Waals surface area contributed by atoms with Gasteiger partial charge in [0.05, 0.1) is 5.25 Å². The van der Waals surface area contributed by atoms with E-state index in [1.807, 2.05) is 18.2 Å². The standard InChI is InChI=1S/C12H16ClNO2S/c13-17(15,16)12-7-9-14(10-12)8-6-11-4-2-1-3-5-11/h1-5,12H,6-10H2. The average Bonchev–Trinajstić information content (AvgIpc) is 2.76. The highest BCUT2D eigenvalue weighted by Crippen LogP contribution is 2.20. The Balaban J connectivity index is 1.83. The summed E-state index contributed by atoms with van der Waals surface area (Å²) < 4.78 is 22.4. The van der Waals surface area contributed by atoms with Gasteiger partial charge < -0.3 is 4.90 Å². The van der Waals surface area contributed by atoms with Gasteiger partial charge in [0.25, 0.3) is 0 Å². The van der Waals surface area contributed by atoms with E-state index in [2.05, 4.69) is 17.0 Å². The van der Waals surface area contributed by atoms with Crippen LogP contribution in [0.1, 0.15) is 12.0 Å². The zero-order chi connectivity index (χ0) is 12.3. The van der Waals surface area contributed by atoms with Crippen molar-refractivity contribution in [1.82, 2.24) is 4.90 Å². The van der Waals surface area contributed by atoms with E-state index in [4.69, 9.17) is 10.7 Å². The zero-order valence-corrected chi connectivity index (χ0v) is 11.1. The van der Waals surface area contributed by atoms with Crippen molar-refractivity contribution in [3.63, 3.8) is 0 Å². The maximum atomic E-state index is 11.2. The summed E-state index contributed by atoms with van der Waals surface area (Å²) >= 11 is 0. The predicted molar refractivity (Wildman–Crippen MR) is 69.8 cm³/mol. The van der Waals surface area contributed by atoms with Crippen molar-refractivity contribution in [2.24, 2.45) is 0 Å². The summed E-state index contributed by atoms with van der Waals surface area (Å²) in [4.78, 5) is 2.16. The molecule has 1 aliphatic rings. The van der Waals surface area contributed by atoms with Crippen molar-refractivity contribution in [3.05, 3.63) is 35.9 Å². The van der Waals surface area contributed by atoms with Crippen LogP contribution in [-0.4, -0.2) is 38.2 Å². The summed E-state index contributed by atoms with van der Waals surface area (Å²) in [5, 5.41) is -0.389. The van der Waals surface area contributed by atoms with Gasteiger partial charge in [0.15, 0.2) is 0 Å². The normalized spacial score (nSPS) is 21.8. The lowest BCUT2D eigenvalue weighted by atomic mass is 10.1. The molecule has 0 radical (unpaired) electrons. The maximum Gasteiger partial charge on any atom is 0.236 e. The van der Waals surface area contributed by atoms with Crippen molar-refractivity contribution in [2.45, 2.75) is 18.1 Å². The summed E-state index contributed by atoms with van der Waals surface area (Å²) in [6, 6.07) is 10.2. The Morgan fingerprint density at radius 1 is 1.29 bits per heavy atom. The van der Waals surface area contributed by atoms with Gasteiger partial charge in [-0.15, -0.1) is 0 Å². The number of halogens is 1. The van der Waals surface area contributed by atoms with Crippen molar-refractivity contribution >= 4 is 19.7 Å². The molecule has 94 valence electrons. The molecule has 1 saturated heterocycles. The van der Waals surface area contributed by atoms with E-state index in [1.54, 1.807) is 0 Å². The lowest BCUT2D eigenvalue weighted by Crippen LogP contribution is -2.26. The molecule has 0 aromatic heterocycles. The van der Waals surface area contributed by atoms with E-state index in [-0.39, 0.29) is 5.25 Å². The molecule has 17 heavy (non-hydrogen) atoms. The van der Waals surface area contributed by atoms with Crippen molar-refractivity contribution in [3.8, 4) is 0 Å². The first kappa shape index (κ1) is 12.9. The fourth-order valence-electron chi connectivity index (χ4n) is 2.16. The van der Waals surface area contributed by atoms with Gasteiger partial charge in [0, 0.05) is 23.8 Å². The van der Waals surface area contributed by atoms with Crippen LogP contribution in [0.25, 0.3) is 0 Å². The van der Waals surface area contributed by atoms with E-state index in [0.29, 0.717) is 13.0 Å². The molecule has 1 heterocycles. The lowest BCUT2D eigenvalue weighted by Gasteiger charge is -2.14. The number of hydrogen-bond acceptors (Lipinski definition) is 3. The Hall–Kier alpha value is -0.580. The number of likely N-dealkylation sites (tertiary alicyclic amines) is 1. The third kappa shape index (κ3) is 3.69. The molecule has 1 aliphatic heterocycles. The minimum atomic E-state index is -3.39. The largest absolute Gasteiger partial charge is 0.302 e. The Labute approximate surface area is 107 Å². The summed E-state index contributed by atoms with van der Waals surface area (Å²) in [5.41, 5.74) is 1.28. The number of nitrogens with zero attached hydrogens (tertiary/aromatic N) is 1. The number of rotatable bonds is 4. The molecule has 1 aromatic rings. The van der Waals surface area contributed by atoms with Gasteiger partial charge in [-0.25, -0.2) is 8.42 Å². The second-order valence-corrected chi connectivity index (χ2v) is 7.33. The van der Waals surface area contributed by atoms with Crippen LogP contribution in [0, 0.1) is 0 Å². The summed E-state index contributed by atoms with van der Waals surface area (Å²) in [5.74, 6) is 0. The first-order chi connectivity index (χ1) is 8.05. The smallest absolute Gasteiger partial charge is 0.236 e. The average molecular weight is 274 g/mol. The van der Waals surface area contributed by atoms with Gasteiger partial charge in [-0.05, 0) is 24.9 Å². The Bertz CT molecular complexity index is 461. The molecule has 0 bridgehead atoms. The van der Waals surface area contributed by atoms with Gasteiger partial charge >= 0.3 is 0 Å². The molecule has 1 unspecified atom stereocenters. The number of benzene rings is 1. The third-order valence-corrected chi connectivity index (χ3v) is 5.12. The van der Waals surface area contributed by atoms with Crippen LogP contribution < -0.4 is 0 Å². The molecule has 2 rings (SSSR count). The SMILES string of the molecule is O=S(=O)(Cl)C1CCN(CCc2ccccc2)C1. The first-order valence-corrected chi connectivity index (χ1v) is 8.13. The second kappa shape index (κ2) is 5.38. The third-order valence-electron chi connectivity index (χ3n) is 3.19. The van der Waals surface area contributed by atoms with E-state index in [9.17, 15) is 8.42 Å². The van der Waals surface area contributed by atoms with Crippen LogP contribution in [0.4, 0.5) is 0 Å². The highest BCUT2D eigenvalue weighted by molar-refractivity contribution is 8.14. The first-order valence-electron chi connectivity index (χ1n) is 5.75. The molecule has 0 spiro atoms. The fraction of sp³-hybridized carbons (Fsp3) is 0.500. The van der Waals surface area contributed by atoms with Crippen LogP contribution in [0.3, 0.4) is 0 Å². The summed E-state index contributed by atoms with van der Waals surface area (Å²) in [6.45, 7) is 2.29. The van der Waals surface area contributed by atoms with Gasteiger partial charge in [0.1, 0.15) is 0 Å². The molecular formula is C12H16ClNO2S. The van der Waals surface area contributed by atoms with Crippen LogP contribution in [-0.2, 0) is 15.5 Å². The highest BCUT2D eigenvalue weighted by atomic mass is 35.7. The van der Waals surface area contributed by atoms with E-state index in [1.165, 1.54) is 5.56 Å². The monoisotopic (exact) mass is 273 g/mol. The Morgan fingerprint density at radius 3 is 2.59 bits per heavy atom. The van der Waals surface area contributed by atoms with Crippen LogP contribution in [0.15, 0.2) is 30.3 Å². The Kier molecular flexibility index (Phi) is 4.07. The lowest BCUT2D eigenvalue weighted by molar-refractivity contribution is 0.343. The van der Waals surface area contributed by atoms with Crippen molar-refractivity contribution in [1.29, 1.82) is 0 Å².